The van der Waals surface area contributed by atoms with Crippen molar-refractivity contribution in [2.75, 3.05) is 19.8 Å². The molecule has 1 aliphatic rings. The van der Waals surface area contributed by atoms with Crippen molar-refractivity contribution in [2.24, 2.45) is 0 Å². The van der Waals surface area contributed by atoms with Crippen LogP contribution in [0.2, 0.25) is 0 Å². The number of rotatable bonds is 4. The lowest BCUT2D eigenvalue weighted by atomic mass is 10.0. The average Bonchev–Trinajstić information content (AvgIpc) is 2.38. The van der Waals surface area contributed by atoms with Crippen LogP contribution in [-0.4, -0.2) is 31.6 Å². The minimum Gasteiger partial charge on any atom is -0.349 e. The molecule has 1 fully saturated rings. The molecular weight excluding hydrogens is 226 g/mol. The quantitative estimate of drug-likeness (QED) is 0.889. The molecule has 1 unspecified atom stereocenters. The smallest absolute Gasteiger partial charge is 0.162 e. The highest BCUT2D eigenvalue weighted by Gasteiger charge is 2.28. The van der Waals surface area contributed by atoms with Crippen molar-refractivity contribution < 1.29 is 9.47 Å². The molecule has 0 amide bonds. The minimum atomic E-state index is -0.427. The van der Waals surface area contributed by atoms with E-state index in [1.54, 1.807) is 0 Å². The van der Waals surface area contributed by atoms with Gasteiger partial charge in [-0.25, -0.2) is 0 Å². The summed E-state index contributed by atoms with van der Waals surface area (Å²) < 4.78 is 11.3. The van der Waals surface area contributed by atoms with Crippen LogP contribution in [0.5, 0.6) is 0 Å². The second kappa shape index (κ2) is 5.83. The van der Waals surface area contributed by atoms with Crippen molar-refractivity contribution >= 4 is 0 Å². The average molecular weight is 249 g/mol. The lowest BCUT2D eigenvalue weighted by Gasteiger charge is -2.35. The molecule has 0 bridgehead atoms. The summed E-state index contributed by atoms with van der Waals surface area (Å²) in [5.41, 5.74) is 1.36. The SMILES string of the molecule is CC(CNC1COC(C)(C)OC1)c1ccccc1. The lowest BCUT2D eigenvalue weighted by molar-refractivity contribution is -0.252. The lowest BCUT2D eigenvalue weighted by Crippen LogP contribution is -2.49. The van der Waals surface area contributed by atoms with Crippen molar-refractivity contribution in [1.82, 2.24) is 5.32 Å². The summed E-state index contributed by atoms with van der Waals surface area (Å²) in [6.45, 7) is 8.52. The van der Waals surface area contributed by atoms with E-state index in [-0.39, 0.29) is 0 Å². The van der Waals surface area contributed by atoms with Crippen LogP contribution in [0.4, 0.5) is 0 Å². The standard InChI is InChI=1S/C15H23NO2/c1-12(13-7-5-4-6-8-13)9-16-14-10-17-15(2,3)18-11-14/h4-8,12,14,16H,9-11H2,1-3H3. The Labute approximate surface area is 109 Å². The number of benzene rings is 1. The van der Waals surface area contributed by atoms with Crippen LogP contribution in [-0.2, 0) is 9.47 Å². The third-order valence-electron chi connectivity index (χ3n) is 3.35. The van der Waals surface area contributed by atoms with Crippen LogP contribution in [0.3, 0.4) is 0 Å². The van der Waals surface area contributed by atoms with E-state index in [0.29, 0.717) is 25.2 Å². The van der Waals surface area contributed by atoms with E-state index in [2.05, 4.69) is 42.6 Å². The van der Waals surface area contributed by atoms with Crippen LogP contribution >= 0.6 is 0 Å². The second-order valence-electron chi connectivity index (χ2n) is 5.44. The van der Waals surface area contributed by atoms with Gasteiger partial charge in [0.05, 0.1) is 19.3 Å². The van der Waals surface area contributed by atoms with Gasteiger partial charge in [0.2, 0.25) is 0 Å². The molecule has 1 heterocycles. The topological polar surface area (TPSA) is 30.5 Å². The fourth-order valence-electron chi connectivity index (χ4n) is 2.05. The Bertz CT molecular complexity index is 354. The van der Waals surface area contributed by atoms with Crippen LogP contribution in [0.1, 0.15) is 32.3 Å². The Morgan fingerprint density at radius 3 is 2.44 bits per heavy atom. The zero-order valence-corrected chi connectivity index (χ0v) is 11.5. The van der Waals surface area contributed by atoms with Gasteiger partial charge in [-0.15, -0.1) is 0 Å². The molecule has 2 rings (SSSR count). The van der Waals surface area contributed by atoms with Crippen LogP contribution in [0, 0.1) is 0 Å². The minimum absolute atomic E-state index is 0.296. The van der Waals surface area contributed by atoms with E-state index in [1.165, 1.54) is 5.56 Å². The van der Waals surface area contributed by atoms with E-state index in [9.17, 15) is 0 Å². The first-order valence-electron chi connectivity index (χ1n) is 6.63. The molecule has 0 aromatic heterocycles. The van der Waals surface area contributed by atoms with Gasteiger partial charge in [-0.3, -0.25) is 0 Å². The first-order chi connectivity index (χ1) is 8.57. The van der Waals surface area contributed by atoms with Gasteiger partial charge in [0.25, 0.3) is 0 Å². The highest BCUT2D eigenvalue weighted by atomic mass is 16.7. The molecule has 100 valence electrons. The number of ether oxygens (including phenoxy) is 2. The molecule has 0 aliphatic carbocycles. The van der Waals surface area contributed by atoms with Crippen LogP contribution in [0.15, 0.2) is 30.3 Å². The fourth-order valence-corrected chi connectivity index (χ4v) is 2.05. The van der Waals surface area contributed by atoms with E-state index in [4.69, 9.17) is 9.47 Å². The third kappa shape index (κ3) is 3.80. The van der Waals surface area contributed by atoms with Crippen LogP contribution < -0.4 is 5.32 Å². The Hall–Kier alpha value is -0.900. The fraction of sp³-hybridized carbons (Fsp3) is 0.600. The molecule has 1 aromatic rings. The molecule has 0 saturated carbocycles. The van der Waals surface area contributed by atoms with Gasteiger partial charge >= 0.3 is 0 Å². The van der Waals surface area contributed by atoms with E-state index in [1.807, 2.05) is 13.8 Å². The predicted molar refractivity (Wildman–Crippen MR) is 72.6 cm³/mol. The van der Waals surface area contributed by atoms with Crippen molar-refractivity contribution in [3.8, 4) is 0 Å². The maximum absolute atomic E-state index is 5.63. The zero-order valence-electron chi connectivity index (χ0n) is 11.5. The number of hydrogen-bond donors (Lipinski definition) is 1. The second-order valence-corrected chi connectivity index (χ2v) is 5.44. The van der Waals surface area contributed by atoms with Gasteiger partial charge in [0, 0.05) is 6.54 Å². The first kappa shape index (κ1) is 13.5. The summed E-state index contributed by atoms with van der Waals surface area (Å²) in [4.78, 5) is 0. The number of hydrogen-bond acceptors (Lipinski definition) is 3. The maximum Gasteiger partial charge on any atom is 0.162 e. The summed E-state index contributed by atoms with van der Waals surface area (Å²) in [5.74, 6) is 0.0737. The van der Waals surface area contributed by atoms with Gasteiger partial charge < -0.3 is 14.8 Å². The molecule has 3 heteroatoms. The van der Waals surface area contributed by atoms with E-state index in [0.717, 1.165) is 6.54 Å². The first-order valence-corrected chi connectivity index (χ1v) is 6.63. The monoisotopic (exact) mass is 249 g/mol. The number of nitrogens with one attached hydrogen (secondary N) is 1. The normalized spacial score (nSPS) is 21.7. The predicted octanol–water partition coefficient (Wildman–Crippen LogP) is 2.53. The van der Waals surface area contributed by atoms with Crippen molar-refractivity contribution in [1.29, 1.82) is 0 Å². The summed E-state index contributed by atoms with van der Waals surface area (Å²) in [6.07, 6.45) is 0. The van der Waals surface area contributed by atoms with Crippen molar-refractivity contribution in [2.45, 2.75) is 38.5 Å². The third-order valence-corrected chi connectivity index (χ3v) is 3.35. The van der Waals surface area contributed by atoms with Gasteiger partial charge in [-0.2, -0.15) is 0 Å². The maximum atomic E-state index is 5.63. The molecule has 0 spiro atoms. The van der Waals surface area contributed by atoms with Crippen molar-refractivity contribution in [3.05, 3.63) is 35.9 Å². The molecule has 1 saturated heterocycles. The Morgan fingerprint density at radius 1 is 1.22 bits per heavy atom. The van der Waals surface area contributed by atoms with E-state index >= 15 is 0 Å². The largest absolute Gasteiger partial charge is 0.349 e. The van der Waals surface area contributed by atoms with E-state index < -0.39 is 5.79 Å². The molecule has 18 heavy (non-hydrogen) atoms. The molecule has 0 radical (unpaired) electrons. The van der Waals surface area contributed by atoms with Gasteiger partial charge in [0.1, 0.15) is 0 Å². The summed E-state index contributed by atoms with van der Waals surface area (Å²) in [7, 11) is 0. The van der Waals surface area contributed by atoms with Gasteiger partial charge in [-0.05, 0) is 25.3 Å². The summed E-state index contributed by atoms with van der Waals surface area (Å²) in [5, 5.41) is 3.51. The Balaban J connectivity index is 1.76. The summed E-state index contributed by atoms with van der Waals surface area (Å²) >= 11 is 0. The highest BCUT2D eigenvalue weighted by Crippen LogP contribution is 2.18. The molecule has 1 aliphatic heterocycles. The molecular formula is C15H23NO2. The Morgan fingerprint density at radius 2 is 1.83 bits per heavy atom. The molecule has 1 atom stereocenters. The highest BCUT2D eigenvalue weighted by molar-refractivity contribution is 5.18. The molecule has 1 N–H and O–H groups in total. The van der Waals surface area contributed by atoms with Crippen LogP contribution in [0.25, 0.3) is 0 Å². The summed E-state index contributed by atoms with van der Waals surface area (Å²) in [6, 6.07) is 10.9. The molecule has 1 aromatic carbocycles. The Kier molecular flexibility index (Phi) is 4.38. The van der Waals surface area contributed by atoms with Gasteiger partial charge in [0.15, 0.2) is 5.79 Å². The zero-order chi connectivity index (χ0) is 13.0. The molecule has 3 nitrogen and oxygen atoms in total. The van der Waals surface area contributed by atoms with Gasteiger partial charge in [-0.1, -0.05) is 37.3 Å². The van der Waals surface area contributed by atoms with Crippen molar-refractivity contribution in [3.63, 3.8) is 0 Å².